The van der Waals surface area contributed by atoms with Crippen LogP contribution in [0.5, 0.6) is 0 Å². The van der Waals surface area contributed by atoms with Gasteiger partial charge < -0.3 is 15.5 Å². The second kappa shape index (κ2) is 7.94. The van der Waals surface area contributed by atoms with Gasteiger partial charge in [0.15, 0.2) is 0 Å². The summed E-state index contributed by atoms with van der Waals surface area (Å²) in [6.07, 6.45) is 3.80. The average Bonchev–Trinajstić information content (AvgIpc) is 2.91. The number of carbonyl (C=O) groups excluding carboxylic acids is 1. The Morgan fingerprint density at radius 1 is 1.41 bits per heavy atom. The van der Waals surface area contributed by atoms with Gasteiger partial charge in [-0.25, -0.2) is 0 Å². The van der Waals surface area contributed by atoms with E-state index in [2.05, 4.69) is 28.1 Å². The molecule has 1 heterocycles. The normalized spacial score (nSPS) is 11.8. The molecular weight excluding hydrogens is 297 g/mol. The predicted molar refractivity (Wildman–Crippen MR) is 92.7 cm³/mol. The van der Waals surface area contributed by atoms with Crippen LogP contribution >= 0.6 is 12.6 Å². The van der Waals surface area contributed by atoms with E-state index in [1.165, 1.54) is 0 Å². The van der Waals surface area contributed by atoms with E-state index in [9.17, 15) is 4.79 Å². The number of fused-ring (bicyclic) bond motifs is 1. The van der Waals surface area contributed by atoms with Gasteiger partial charge in [-0.3, -0.25) is 4.79 Å². The van der Waals surface area contributed by atoms with Crippen molar-refractivity contribution in [1.82, 2.24) is 10.3 Å². The summed E-state index contributed by atoms with van der Waals surface area (Å²) in [6, 6.07) is 5.51. The minimum absolute atomic E-state index is 0.0780. The standard InChI is InChI=1S/C15H18BN3O2S/c16-11-3-4-13-12(8-11)10(9-18-13)7-14(19-21)15(20)17-5-1-2-6-22/h3-4,8-9,18,21-22H,1-2,5-7H2,(H,17,20)/b19-14+. The van der Waals surface area contributed by atoms with Crippen LogP contribution in [0.2, 0.25) is 0 Å². The Balaban J connectivity index is 2.06. The highest BCUT2D eigenvalue weighted by Crippen LogP contribution is 2.17. The van der Waals surface area contributed by atoms with E-state index in [0.29, 0.717) is 12.0 Å². The summed E-state index contributed by atoms with van der Waals surface area (Å²) >= 11 is 4.12. The Kier molecular flexibility index (Phi) is 5.95. The summed E-state index contributed by atoms with van der Waals surface area (Å²) in [5, 5.41) is 15.9. The molecule has 0 saturated heterocycles. The highest BCUT2D eigenvalue weighted by atomic mass is 32.1. The SMILES string of the molecule is [B]c1ccc2[nH]cc(C/C(=N\O)C(=O)NCCCCS)c2c1. The van der Waals surface area contributed by atoms with Crippen LogP contribution in [0.3, 0.4) is 0 Å². The van der Waals surface area contributed by atoms with Crippen molar-refractivity contribution in [3.05, 3.63) is 30.0 Å². The molecule has 0 bridgehead atoms. The van der Waals surface area contributed by atoms with Crippen LogP contribution in [-0.2, 0) is 11.2 Å². The first kappa shape index (κ1) is 16.5. The number of H-pyrrole nitrogens is 1. The number of carbonyl (C=O) groups is 1. The summed E-state index contributed by atoms with van der Waals surface area (Å²) in [5.41, 5.74) is 2.51. The van der Waals surface area contributed by atoms with Crippen LogP contribution in [0.15, 0.2) is 29.6 Å². The fourth-order valence-corrected chi connectivity index (χ4v) is 2.45. The van der Waals surface area contributed by atoms with Gasteiger partial charge in [0.05, 0.1) is 0 Å². The molecule has 5 nitrogen and oxygen atoms in total. The monoisotopic (exact) mass is 315 g/mol. The third-order valence-electron chi connectivity index (χ3n) is 3.40. The lowest BCUT2D eigenvalue weighted by Gasteiger charge is -2.06. The van der Waals surface area contributed by atoms with Gasteiger partial charge in [-0.1, -0.05) is 22.8 Å². The van der Waals surface area contributed by atoms with Gasteiger partial charge in [0.25, 0.3) is 5.91 Å². The molecule has 1 aromatic heterocycles. The number of oxime groups is 1. The maximum absolute atomic E-state index is 12.0. The van der Waals surface area contributed by atoms with Crippen molar-refractivity contribution in [2.24, 2.45) is 5.16 Å². The van der Waals surface area contributed by atoms with Crippen LogP contribution < -0.4 is 10.8 Å². The molecule has 0 atom stereocenters. The Hall–Kier alpha value is -1.89. The number of hydrogen-bond donors (Lipinski definition) is 4. The van der Waals surface area contributed by atoms with Crippen molar-refractivity contribution in [3.63, 3.8) is 0 Å². The number of benzene rings is 1. The van der Waals surface area contributed by atoms with Crippen molar-refractivity contribution in [1.29, 1.82) is 0 Å². The fraction of sp³-hybridized carbons (Fsp3) is 0.333. The summed E-state index contributed by atoms with van der Waals surface area (Å²) in [6.45, 7) is 0.541. The van der Waals surface area contributed by atoms with Crippen LogP contribution in [0.1, 0.15) is 18.4 Å². The minimum Gasteiger partial charge on any atom is -0.410 e. The largest absolute Gasteiger partial charge is 0.410 e. The molecule has 0 aliphatic rings. The van der Waals surface area contributed by atoms with E-state index < -0.39 is 0 Å². The van der Waals surface area contributed by atoms with Crippen molar-refractivity contribution in [2.75, 3.05) is 12.3 Å². The summed E-state index contributed by atoms with van der Waals surface area (Å²) in [7, 11) is 5.79. The van der Waals surface area contributed by atoms with Gasteiger partial charge >= 0.3 is 0 Å². The van der Waals surface area contributed by atoms with Gasteiger partial charge in [0.1, 0.15) is 13.6 Å². The lowest BCUT2D eigenvalue weighted by atomic mass is 9.93. The Morgan fingerprint density at radius 3 is 2.95 bits per heavy atom. The molecule has 1 aromatic carbocycles. The smallest absolute Gasteiger partial charge is 0.269 e. The zero-order valence-electron chi connectivity index (χ0n) is 12.2. The van der Waals surface area contributed by atoms with Crippen molar-refractivity contribution in [3.8, 4) is 0 Å². The Bertz CT molecular complexity index is 684. The lowest BCUT2D eigenvalue weighted by molar-refractivity contribution is -0.115. The van der Waals surface area contributed by atoms with E-state index >= 15 is 0 Å². The first-order valence-electron chi connectivity index (χ1n) is 7.11. The number of amides is 1. The van der Waals surface area contributed by atoms with Crippen LogP contribution in [0.4, 0.5) is 0 Å². The molecule has 2 aromatic rings. The van der Waals surface area contributed by atoms with Gasteiger partial charge in [-0.05, 0) is 30.2 Å². The quantitative estimate of drug-likeness (QED) is 0.155. The number of aromatic amines is 1. The third-order valence-corrected chi connectivity index (χ3v) is 3.72. The molecule has 0 aliphatic carbocycles. The number of rotatable bonds is 7. The second-order valence-electron chi connectivity index (χ2n) is 5.03. The molecule has 0 unspecified atom stereocenters. The van der Waals surface area contributed by atoms with E-state index in [4.69, 9.17) is 13.1 Å². The molecule has 0 saturated carbocycles. The Labute approximate surface area is 136 Å². The summed E-state index contributed by atoms with van der Waals surface area (Å²) < 4.78 is 0. The molecule has 2 radical (unpaired) electrons. The Morgan fingerprint density at radius 2 is 2.23 bits per heavy atom. The molecule has 1 amide bonds. The number of nitrogens with zero attached hydrogens (tertiary/aromatic N) is 1. The first-order valence-corrected chi connectivity index (χ1v) is 7.74. The topological polar surface area (TPSA) is 77.5 Å². The predicted octanol–water partition coefficient (Wildman–Crippen LogP) is 1.16. The maximum Gasteiger partial charge on any atom is 0.269 e. The van der Waals surface area contributed by atoms with Crippen LogP contribution in [0, 0.1) is 0 Å². The van der Waals surface area contributed by atoms with E-state index in [1.807, 2.05) is 12.1 Å². The first-order chi connectivity index (χ1) is 10.7. The van der Waals surface area contributed by atoms with E-state index in [-0.39, 0.29) is 18.0 Å². The van der Waals surface area contributed by atoms with E-state index in [1.54, 1.807) is 12.3 Å². The van der Waals surface area contributed by atoms with Gasteiger partial charge in [0, 0.05) is 30.1 Å². The number of hydrogen-bond acceptors (Lipinski definition) is 4. The molecule has 22 heavy (non-hydrogen) atoms. The number of aromatic nitrogens is 1. The van der Waals surface area contributed by atoms with Crippen molar-refractivity contribution >= 4 is 48.5 Å². The number of unbranched alkanes of at least 4 members (excludes halogenated alkanes) is 1. The molecule has 0 spiro atoms. The zero-order chi connectivity index (χ0) is 15.9. The number of thiol groups is 1. The minimum atomic E-state index is -0.361. The highest BCUT2D eigenvalue weighted by Gasteiger charge is 2.15. The van der Waals surface area contributed by atoms with Gasteiger partial charge in [-0.15, -0.1) is 0 Å². The van der Waals surface area contributed by atoms with Gasteiger partial charge in [0.2, 0.25) is 0 Å². The number of nitrogens with one attached hydrogen (secondary N) is 2. The molecule has 7 heteroatoms. The molecular formula is C15H18BN3O2S. The zero-order valence-corrected chi connectivity index (χ0v) is 13.1. The van der Waals surface area contributed by atoms with E-state index in [0.717, 1.165) is 35.1 Å². The van der Waals surface area contributed by atoms with Crippen LogP contribution in [0.25, 0.3) is 10.9 Å². The maximum atomic E-state index is 12.0. The van der Waals surface area contributed by atoms with Crippen molar-refractivity contribution < 1.29 is 10.0 Å². The molecule has 114 valence electrons. The fourth-order valence-electron chi connectivity index (χ4n) is 2.22. The molecule has 0 aliphatic heterocycles. The molecule has 0 fully saturated rings. The highest BCUT2D eigenvalue weighted by molar-refractivity contribution is 7.80. The average molecular weight is 315 g/mol. The summed E-state index contributed by atoms with van der Waals surface area (Å²) in [4.78, 5) is 15.1. The summed E-state index contributed by atoms with van der Waals surface area (Å²) in [5.74, 6) is 0.424. The molecule has 2 rings (SSSR count). The van der Waals surface area contributed by atoms with Crippen LogP contribution in [-0.4, -0.2) is 42.0 Å². The van der Waals surface area contributed by atoms with Crippen molar-refractivity contribution in [2.45, 2.75) is 19.3 Å². The van der Waals surface area contributed by atoms with Gasteiger partial charge in [-0.2, -0.15) is 12.6 Å². The second-order valence-corrected chi connectivity index (χ2v) is 5.48. The lowest BCUT2D eigenvalue weighted by Crippen LogP contribution is -2.33. The molecule has 3 N–H and O–H groups in total. The third kappa shape index (κ3) is 4.07.